The highest BCUT2D eigenvalue weighted by Gasteiger charge is 2.28. The van der Waals surface area contributed by atoms with E-state index in [2.05, 4.69) is 10.2 Å². The predicted octanol–water partition coefficient (Wildman–Crippen LogP) is 1.25. The Morgan fingerprint density at radius 2 is 2.28 bits per heavy atom. The molecule has 2 aromatic heterocycles. The lowest BCUT2D eigenvalue weighted by Crippen LogP contribution is -2.16. The fourth-order valence-electron chi connectivity index (χ4n) is 1.79. The molecule has 2 heterocycles. The van der Waals surface area contributed by atoms with Crippen LogP contribution in [0.15, 0.2) is 26.5 Å². The van der Waals surface area contributed by atoms with E-state index in [9.17, 15) is 4.79 Å². The summed E-state index contributed by atoms with van der Waals surface area (Å²) in [6.45, 7) is 0.403. The molecule has 0 radical (unpaired) electrons. The zero-order chi connectivity index (χ0) is 12.5. The second-order valence-corrected chi connectivity index (χ2v) is 5.22. The number of nitrogens with one attached hydrogen (secondary N) is 1. The summed E-state index contributed by atoms with van der Waals surface area (Å²) in [7, 11) is 0. The van der Waals surface area contributed by atoms with E-state index in [1.165, 1.54) is 11.8 Å². The van der Waals surface area contributed by atoms with E-state index < -0.39 is 0 Å². The molecule has 18 heavy (non-hydrogen) atoms. The second kappa shape index (κ2) is 4.66. The molecule has 7 heteroatoms. The minimum atomic E-state index is -0.123. The van der Waals surface area contributed by atoms with Crippen LogP contribution in [-0.4, -0.2) is 14.8 Å². The van der Waals surface area contributed by atoms with Crippen molar-refractivity contribution in [2.75, 3.05) is 0 Å². The fourth-order valence-corrected chi connectivity index (χ4v) is 2.70. The minimum Gasteiger partial charge on any atom is -0.464 e. The molecule has 0 aliphatic heterocycles. The van der Waals surface area contributed by atoms with Crippen LogP contribution in [0.2, 0.25) is 0 Å². The van der Waals surface area contributed by atoms with Crippen LogP contribution in [0.4, 0.5) is 0 Å². The van der Waals surface area contributed by atoms with Crippen LogP contribution in [0.1, 0.15) is 30.4 Å². The van der Waals surface area contributed by atoms with Gasteiger partial charge in [0, 0.05) is 6.04 Å². The Labute approximate surface area is 108 Å². The lowest BCUT2D eigenvalue weighted by molar-refractivity contribution is 0.482. The molecular formula is C11H14N4O2S. The Morgan fingerprint density at radius 3 is 2.94 bits per heavy atom. The third-order valence-corrected chi connectivity index (χ3v) is 3.82. The van der Waals surface area contributed by atoms with Crippen molar-refractivity contribution in [3.05, 3.63) is 34.1 Å². The number of aromatic amines is 1. The summed E-state index contributed by atoms with van der Waals surface area (Å²) in [6, 6.07) is 4.10. The molecule has 0 bridgehead atoms. The normalized spacial score (nSPS) is 15.2. The summed E-state index contributed by atoms with van der Waals surface area (Å²) in [4.78, 5) is 11.6. The topological polar surface area (TPSA) is 89.8 Å². The first-order chi connectivity index (χ1) is 8.78. The Hall–Kier alpha value is -1.47. The molecule has 0 unspecified atom stereocenters. The first-order valence-electron chi connectivity index (χ1n) is 5.85. The average Bonchev–Trinajstić information content (AvgIpc) is 2.98. The lowest BCUT2D eigenvalue weighted by Gasteiger charge is -2.01. The number of nitrogens with zero attached hydrogens (tertiary/aromatic N) is 2. The summed E-state index contributed by atoms with van der Waals surface area (Å²) < 4.78 is 7.24. The summed E-state index contributed by atoms with van der Waals surface area (Å²) in [5, 5.41) is 7.27. The number of thioether (sulfide) groups is 1. The average molecular weight is 266 g/mol. The van der Waals surface area contributed by atoms with E-state index in [0.717, 1.165) is 29.5 Å². The van der Waals surface area contributed by atoms with Crippen molar-refractivity contribution in [3.8, 4) is 0 Å². The molecule has 0 aromatic carbocycles. The number of furan rings is 1. The Kier molecular flexibility index (Phi) is 3.00. The Bertz CT molecular complexity index is 596. The predicted molar refractivity (Wildman–Crippen MR) is 67.3 cm³/mol. The fraction of sp³-hybridized carbons (Fsp3) is 0.455. The van der Waals surface area contributed by atoms with Gasteiger partial charge in [-0.25, -0.2) is 9.89 Å². The molecule has 1 saturated carbocycles. The molecule has 3 rings (SSSR count). The van der Waals surface area contributed by atoms with E-state index >= 15 is 0 Å². The third-order valence-electron chi connectivity index (χ3n) is 2.85. The van der Waals surface area contributed by atoms with Gasteiger partial charge in [0.15, 0.2) is 5.16 Å². The Balaban J connectivity index is 1.71. The van der Waals surface area contributed by atoms with E-state index in [4.69, 9.17) is 10.2 Å². The summed E-state index contributed by atoms with van der Waals surface area (Å²) in [5.74, 6) is 2.27. The number of H-pyrrole nitrogens is 1. The maximum absolute atomic E-state index is 11.6. The molecule has 2 aromatic rings. The summed E-state index contributed by atoms with van der Waals surface area (Å²) >= 11 is 1.50. The smallest absolute Gasteiger partial charge is 0.344 e. The second-order valence-electron chi connectivity index (χ2n) is 4.27. The van der Waals surface area contributed by atoms with Crippen LogP contribution >= 0.6 is 11.8 Å². The van der Waals surface area contributed by atoms with Gasteiger partial charge in [-0.1, -0.05) is 11.8 Å². The van der Waals surface area contributed by atoms with Gasteiger partial charge in [0.2, 0.25) is 0 Å². The highest BCUT2D eigenvalue weighted by molar-refractivity contribution is 7.98. The maximum atomic E-state index is 11.6. The molecule has 6 nitrogen and oxygen atoms in total. The number of hydrogen-bond acceptors (Lipinski definition) is 5. The van der Waals surface area contributed by atoms with Gasteiger partial charge in [-0.15, -0.1) is 5.10 Å². The summed E-state index contributed by atoms with van der Waals surface area (Å²) in [6.07, 6.45) is 2.12. The van der Waals surface area contributed by atoms with E-state index in [0.29, 0.717) is 18.3 Å². The van der Waals surface area contributed by atoms with Crippen molar-refractivity contribution in [3.63, 3.8) is 0 Å². The van der Waals surface area contributed by atoms with Crippen LogP contribution in [0.25, 0.3) is 0 Å². The third kappa shape index (κ3) is 2.23. The van der Waals surface area contributed by atoms with E-state index in [1.54, 1.807) is 4.57 Å². The first kappa shape index (κ1) is 11.6. The molecule has 0 spiro atoms. The molecule has 3 N–H and O–H groups in total. The standard InChI is InChI=1S/C11H14N4O2S/c12-5-8-3-4-9(17-8)6-18-11-14-13-10(16)15(11)7-1-2-7/h3-4,7H,1-2,5-6,12H2,(H,13,16). The van der Waals surface area contributed by atoms with Gasteiger partial charge < -0.3 is 10.2 Å². The molecule has 0 atom stereocenters. The number of nitrogens with two attached hydrogens (primary N) is 1. The highest BCUT2D eigenvalue weighted by atomic mass is 32.2. The van der Waals surface area contributed by atoms with E-state index in [-0.39, 0.29) is 5.69 Å². The SMILES string of the molecule is NCc1ccc(CSc2n[nH]c(=O)n2C2CC2)o1. The van der Waals surface area contributed by atoms with Crippen LogP contribution in [0.3, 0.4) is 0 Å². The quantitative estimate of drug-likeness (QED) is 0.795. The number of hydrogen-bond donors (Lipinski definition) is 2. The zero-order valence-electron chi connectivity index (χ0n) is 9.76. The van der Waals surface area contributed by atoms with Crippen LogP contribution in [0.5, 0.6) is 0 Å². The monoisotopic (exact) mass is 266 g/mol. The maximum Gasteiger partial charge on any atom is 0.344 e. The number of aromatic nitrogens is 3. The van der Waals surface area contributed by atoms with Gasteiger partial charge in [-0.05, 0) is 25.0 Å². The van der Waals surface area contributed by atoms with Gasteiger partial charge in [-0.2, -0.15) is 0 Å². The minimum absolute atomic E-state index is 0.123. The van der Waals surface area contributed by atoms with Gasteiger partial charge >= 0.3 is 5.69 Å². The zero-order valence-corrected chi connectivity index (χ0v) is 10.6. The molecule has 1 aliphatic rings. The van der Waals surface area contributed by atoms with Gasteiger partial charge in [-0.3, -0.25) is 4.57 Å². The van der Waals surface area contributed by atoms with Crippen LogP contribution in [-0.2, 0) is 12.3 Å². The molecule has 1 fully saturated rings. The first-order valence-corrected chi connectivity index (χ1v) is 6.84. The van der Waals surface area contributed by atoms with Crippen molar-refractivity contribution in [2.45, 2.75) is 36.3 Å². The molecule has 0 amide bonds. The highest BCUT2D eigenvalue weighted by Crippen LogP contribution is 2.36. The van der Waals surface area contributed by atoms with Crippen molar-refractivity contribution < 1.29 is 4.42 Å². The molecule has 96 valence electrons. The van der Waals surface area contributed by atoms with Crippen molar-refractivity contribution in [1.82, 2.24) is 14.8 Å². The van der Waals surface area contributed by atoms with Gasteiger partial charge in [0.1, 0.15) is 11.5 Å². The largest absolute Gasteiger partial charge is 0.464 e. The lowest BCUT2D eigenvalue weighted by atomic mass is 10.4. The van der Waals surface area contributed by atoms with Crippen LogP contribution < -0.4 is 11.4 Å². The summed E-state index contributed by atoms with van der Waals surface area (Å²) in [5.41, 5.74) is 5.36. The van der Waals surface area contributed by atoms with Gasteiger partial charge in [0.05, 0.1) is 12.3 Å². The van der Waals surface area contributed by atoms with Crippen molar-refractivity contribution in [1.29, 1.82) is 0 Å². The van der Waals surface area contributed by atoms with Crippen molar-refractivity contribution >= 4 is 11.8 Å². The van der Waals surface area contributed by atoms with Gasteiger partial charge in [0.25, 0.3) is 0 Å². The Morgan fingerprint density at radius 1 is 1.50 bits per heavy atom. The molecule has 1 aliphatic carbocycles. The molecule has 0 saturated heterocycles. The van der Waals surface area contributed by atoms with Crippen molar-refractivity contribution in [2.24, 2.45) is 5.73 Å². The molecular weight excluding hydrogens is 252 g/mol. The number of rotatable bonds is 5. The van der Waals surface area contributed by atoms with E-state index in [1.807, 2.05) is 12.1 Å². The van der Waals surface area contributed by atoms with Crippen LogP contribution in [0, 0.1) is 0 Å².